The molecule has 0 aromatic heterocycles. The lowest BCUT2D eigenvalue weighted by Crippen LogP contribution is -2.26. The van der Waals surface area contributed by atoms with Gasteiger partial charge in [-0.2, -0.15) is 0 Å². The van der Waals surface area contributed by atoms with Crippen LogP contribution in [0, 0.1) is 5.82 Å². The fraction of sp³-hybridized carbons (Fsp3) is 0.455. The van der Waals surface area contributed by atoms with E-state index >= 15 is 0 Å². The van der Waals surface area contributed by atoms with Crippen molar-refractivity contribution in [2.45, 2.75) is 25.8 Å². The van der Waals surface area contributed by atoms with Gasteiger partial charge in [0.05, 0.1) is 0 Å². The Labute approximate surface area is 89.3 Å². The van der Waals surface area contributed by atoms with E-state index in [0.717, 1.165) is 18.4 Å². The maximum Gasteiger partial charge on any atom is 0.123 e. The highest BCUT2D eigenvalue weighted by Gasteiger charge is 2.08. The minimum Gasteiger partial charge on any atom is -0.317 e. The SMILES string of the molecule is CCC(Cc1cc(F)ccc1Cl)NC. The van der Waals surface area contributed by atoms with E-state index in [1.54, 1.807) is 6.07 Å². The molecule has 1 N–H and O–H groups in total. The van der Waals surface area contributed by atoms with E-state index in [1.165, 1.54) is 12.1 Å². The van der Waals surface area contributed by atoms with Crippen LogP contribution in [-0.4, -0.2) is 13.1 Å². The van der Waals surface area contributed by atoms with Crippen molar-refractivity contribution >= 4 is 11.6 Å². The Morgan fingerprint density at radius 2 is 2.21 bits per heavy atom. The van der Waals surface area contributed by atoms with Crippen LogP contribution in [-0.2, 0) is 6.42 Å². The summed E-state index contributed by atoms with van der Waals surface area (Å²) in [6.45, 7) is 2.09. The van der Waals surface area contributed by atoms with E-state index in [-0.39, 0.29) is 5.82 Å². The minimum atomic E-state index is -0.227. The van der Waals surface area contributed by atoms with Crippen LogP contribution >= 0.6 is 11.6 Å². The van der Waals surface area contributed by atoms with Crippen LogP contribution in [0.1, 0.15) is 18.9 Å². The Morgan fingerprint density at radius 3 is 2.79 bits per heavy atom. The molecular formula is C11H15ClFN. The Morgan fingerprint density at radius 1 is 1.50 bits per heavy atom. The third kappa shape index (κ3) is 2.96. The lowest BCUT2D eigenvalue weighted by Gasteiger charge is -2.14. The topological polar surface area (TPSA) is 12.0 Å². The molecule has 0 aliphatic heterocycles. The maximum absolute atomic E-state index is 12.9. The molecule has 0 fully saturated rings. The quantitative estimate of drug-likeness (QED) is 0.814. The number of rotatable bonds is 4. The summed E-state index contributed by atoms with van der Waals surface area (Å²) in [6, 6.07) is 4.85. The molecule has 1 unspecified atom stereocenters. The zero-order valence-corrected chi connectivity index (χ0v) is 9.24. The first-order valence-electron chi connectivity index (χ1n) is 4.78. The zero-order chi connectivity index (χ0) is 10.6. The lowest BCUT2D eigenvalue weighted by atomic mass is 10.0. The van der Waals surface area contributed by atoms with Gasteiger partial charge in [0.2, 0.25) is 0 Å². The molecule has 1 rings (SSSR count). The van der Waals surface area contributed by atoms with Crippen molar-refractivity contribution in [1.82, 2.24) is 5.32 Å². The Hall–Kier alpha value is -0.600. The van der Waals surface area contributed by atoms with Gasteiger partial charge in [0, 0.05) is 11.1 Å². The summed E-state index contributed by atoms with van der Waals surface area (Å²) in [6.07, 6.45) is 1.77. The van der Waals surface area contributed by atoms with E-state index in [0.29, 0.717) is 11.1 Å². The molecule has 0 bridgehead atoms. The molecule has 0 saturated heterocycles. The number of hydrogen-bond donors (Lipinski definition) is 1. The van der Waals surface area contributed by atoms with Crippen LogP contribution in [0.15, 0.2) is 18.2 Å². The van der Waals surface area contributed by atoms with Crippen molar-refractivity contribution in [2.75, 3.05) is 7.05 Å². The Balaban J connectivity index is 2.79. The van der Waals surface area contributed by atoms with Gasteiger partial charge in [0.15, 0.2) is 0 Å². The van der Waals surface area contributed by atoms with Gasteiger partial charge in [-0.25, -0.2) is 4.39 Å². The average molecular weight is 216 g/mol. The van der Waals surface area contributed by atoms with Crippen molar-refractivity contribution in [1.29, 1.82) is 0 Å². The molecule has 3 heteroatoms. The standard InChI is InChI=1S/C11H15ClFN/c1-3-10(14-2)7-8-6-9(13)4-5-11(8)12/h4-6,10,14H,3,7H2,1-2H3. The van der Waals surface area contributed by atoms with E-state index in [4.69, 9.17) is 11.6 Å². The third-order valence-corrected chi connectivity index (χ3v) is 2.74. The summed E-state index contributed by atoms with van der Waals surface area (Å²) in [4.78, 5) is 0. The number of benzene rings is 1. The first-order chi connectivity index (χ1) is 6.67. The molecule has 0 heterocycles. The van der Waals surface area contributed by atoms with Crippen LogP contribution < -0.4 is 5.32 Å². The molecule has 1 aromatic rings. The van der Waals surface area contributed by atoms with Gasteiger partial charge in [-0.05, 0) is 43.7 Å². The summed E-state index contributed by atoms with van der Waals surface area (Å²) in [5.41, 5.74) is 0.868. The third-order valence-electron chi connectivity index (χ3n) is 2.38. The van der Waals surface area contributed by atoms with E-state index < -0.39 is 0 Å². The molecule has 1 atom stereocenters. The van der Waals surface area contributed by atoms with E-state index in [2.05, 4.69) is 12.2 Å². The normalized spacial score (nSPS) is 12.9. The minimum absolute atomic E-state index is 0.227. The van der Waals surface area contributed by atoms with Gasteiger partial charge >= 0.3 is 0 Å². The van der Waals surface area contributed by atoms with Crippen molar-refractivity contribution < 1.29 is 4.39 Å². The van der Waals surface area contributed by atoms with Crippen LogP contribution in [0.4, 0.5) is 4.39 Å². The second-order valence-electron chi connectivity index (χ2n) is 3.33. The van der Waals surface area contributed by atoms with Crippen LogP contribution in [0.2, 0.25) is 5.02 Å². The maximum atomic E-state index is 12.9. The van der Waals surface area contributed by atoms with Gasteiger partial charge in [0.1, 0.15) is 5.82 Å². The van der Waals surface area contributed by atoms with Crippen molar-refractivity contribution in [2.24, 2.45) is 0 Å². The van der Waals surface area contributed by atoms with Crippen molar-refractivity contribution in [3.05, 3.63) is 34.6 Å². The molecule has 0 spiro atoms. The van der Waals surface area contributed by atoms with Crippen molar-refractivity contribution in [3.63, 3.8) is 0 Å². The fourth-order valence-electron chi connectivity index (χ4n) is 1.42. The molecule has 14 heavy (non-hydrogen) atoms. The summed E-state index contributed by atoms with van der Waals surface area (Å²) < 4.78 is 12.9. The van der Waals surface area contributed by atoms with Crippen LogP contribution in [0.25, 0.3) is 0 Å². The van der Waals surface area contributed by atoms with E-state index in [1.807, 2.05) is 7.05 Å². The smallest absolute Gasteiger partial charge is 0.123 e. The number of nitrogens with one attached hydrogen (secondary N) is 1. The monoisotopic (exact) mass is 215 g/mol. The number of hydrogen-bond acceptors (Lipinski definition) is 1. The van der Waals surface area contributed by atoms with E-state index in [9.17, 15) is 4.39 Å². The molecule has 0 saturated carbocycles. The molecule has 0 radical (unpaired) electrons. The fourth-order valence-corrected chi connectivity index (χ4v) is 1.61. The van der Waals surface area contributed by atoms with Crippen LogP contribution in [0.5, 0.6) is 0 Å². The van der Waals surface area contributed by atoms with Gasteiger partial charge in [0.25, 0.3) is 0 Å². The predicted octanol–water partition coefficient (Wildman–Crippen LogP) is 3.02. The zero-order valence-electron chi connectivity index (χ0n) is 8.48. The summed E-state index contributed by atoms with van der Waals surface area (Å²) in [5.74, 6) is -0.227. The molecule has 0 amide bonds. The van der Waals surface area contributed by atoms with Gasteiger partial charge in [-0.15, -0.1) is 0 Å². The highest BCUT2D eigenvalue weighted by atomic mass is 35.5. The highest BCUT2D eigenvalue weighted by molar-refractivity contribution is 6.31. The first-order valence-corrected chi connectivity index (χ1v) is 5.16. The van der Waals surface area contributed by atoms with Gasteiger partial charge in [-0.1, -0.05) is 18.5 Å². The average Bonchev–Trinajstić information content (AvgIpc) is 2.19. The summed E-state index contributed by atoms with van der Waals surface area (Å²) in [5, 5.41) is 3.80. The molecular weight excluding hydrogens is 201 g/mol. The number of halogens is 2. The summed E-state index contributed by atoms with van der Waals surface area (Å²) >= 11 is 5.96. The second kappa shape index (κ2) is 5.32. The molecule has 1 aromatic carbocycles. The van der Waals surface area contributed by atoms with Crippen LogP contribution in [0.3, 0.4) is 0 Å². The molecule has 0 aliphatic rings. The first kappa shape index (κ1) is 11.5. The predicted molar refractivity (Wildman–Crippen MR) is 58.3 cm³/mol. The van der Waals surface area contributed by atoms with Gasteiger partial charge < -0.3 is 5.32 Å². The number of likely N-dealkylation sites (N-methyl/N-ethyl adjacent to an activating group) is 1. The Bertz CT molecular complexity index is 297. The molecule has 1 nitrogen and oxygen atoms in total. The lowest BCUT2D eigenvalue weighted by molar-refractivity contribution is 0.540. The molecule has 0 aliphatic carbocycles. The molecule has 78 valence electrons. The van der Waals surface area contributed by atoms with Gasteiger partial charge in [-0.3, -0.25) is 0 Å². The van der Waals surface area contributed by atoms with Crippen molar-refractivity contribution in [3.8, 4) is 0 Å². The Kier molecular flexibility index (Phi) is 4.36. The second-order valence-corrected chi connectivity index (χ2v) is 3.74. The largest absolute Gasteiger partial charge is 0.317 e. The summed E-state index contributed by atoms with van der Waals surface area (Å²) in [7, 11) is 1.90. The highest BCUT2D eigenvalue weighted by Crippen LogP contribution is 2.19.